The molecule has 1 unspecified atom stereocenters. The zero-order chi connectivity index (χ0) is 19.8. The highest BCUT2D eigenvalue weighted by molar-refractivity contribution is 6.04. The van der Waals surface area contributed by atoms with Crippen molar-refractivity contribution >= 4 is 28.8 Å². The van der Waals surface area contributed by atoms with Crippen LogP contribution in [-0.4, -0.2) is 80.4 Å². The third kappa shape index (κ3) is 3.39. The molecule has 150 valence electrons. The maximum Gasteiger partial charge on any atom is 0.325 e. The summed E-state index contributed by atoms with van der Waals surface area (Å²) in [7, 11) is 1.86. The minimum Gasteiger partial charge on any atom is -0.353 e. The molecule has 4 heterocycles. The molecule has 0 spiro atoms. The minimum atomic E-state index is -0.395. The number of urea groups is 1. The highest BCUT2D eigenvalue weighted by atomic mass is 16.2. The fourth-order valence-corrected chi connectivity index (χ4v) is 3.84. The molecule has 2 aromatic rings. The van der Waals surface area contributed by atoms with Crippen molar-refractivity contribution in [3.8, 4) is 0 Å². The van der Waals surface area contributed by atoms with Gasteiger partial charge in [-0.2, -0.15) is 5.10 Å². The summed E-state index contributed by atoms with van der Waals surface area (Å²) in [6.45, 7) is 7.45. The fourth-order valence-electron chi connectivity index (χ4n) is 3.84. The third-order valence-electron chi connectivity index (χ3n) is 5.34. The standard InChI is InChI=1S/C18H26N8O2/c1-12(2)8-14-17(27)26(18(28)22-14)11-24-4-6-25(7-5-24)16-13-9-21-23(3)15(13)19-10-20-16/h9-10,12,14H,4-8,11H2,1-3H3,(H,22,28). The van der Waals surface area contributed by atoms with Gasteiger partial charge in [0.25, 0.3) is 5.91 Å². The maximum absolute atomic E-state index is 12.5. The Hall–Kier alpha value is -2.75. The molecule has 0 bridgehead atoms. The summed E-state index contributed by atoms with van der Waals surface area (Å²) in [5.74, 6) is 1.12. The molecule has 0 aliphatic carbocycles. The van der Waals surface area contributed by atoms with E-state index in [0.717, 1.165) is 43.0 Å². The normalized spacial score (nSPS) is 21.2. The first-order valence-corrected chi connectivity index (χ1v) is 9.66. The topological polar surface area (TPSA) is 99.5 Å². The van der Waals surface area contributed by atoms with Crippen molar-refractivity contribution in [1.29, 1.82) is 0 Å². The second kappa shape index (κ2) is 7.34. The van der Waals surface area contributed by atoms with Gasteiger partial charge in [-0.05, 0) is 12.3 Å². The first-order valence-electron chi connectivity index (χ1n) is 9.66. The van der Waals surface area contributed by atoms with E-state index in [1.807, 2.05) is 20.9 Å². The van der Waals surface area contributed by atoms with Crippen molar-refractivity contribution in [2.45, 2.75) is 26.3 Å². The zero-order valence-electron chi connectivity index (χ0n) is 16.5. The lowest BCUT2D eigenvalue weighted by molar-refractivity contribution is -0.129. The molecule has 0 radical (unpaired) electrons. The van der Waals surface area contributed by atoms with Crippen molar-refractivity contribution in [2.75, 3.05) is 37.7 Å². The van der Waals surface area contributed by atoms with Crippen LogP contribution in [0.2, 0.25) is 0 Å². The van der Waals surface area contributed by atoms with Crippen LogP contribution in [0.15, 0.2) is 12.5 Å². The largest absolute Gasteiger partial charge is 0.353 e. The average molecular weight is 386 g/mol. The lowest BCUT2D eigenvalue weighted by Gasteiger charge is -2.36. The van der Waals surface area contributed by atoms with Gasteiger partial charge < -0.3 is 10.2 Å². The molecule has 2 aliphatic heterocycles. The van der Waals surface area contributed by atoms with E-state index in [1.165, 1.54) is 4.90 Å². The SMILES string of the molecule is CC(C)CC1NC(=O)N(CN2CCN(c3ncnc4c3cnn4C)CC2)C1=O. The summed E-state index contributed by atoms with van der Waals surface area (Å²) < 4.78 is 1.74. The van der Waals surface area contributed by atoms with Gasteiger partial charge in [-0.25, -0.2) is 19.7 Å². The molecule has 2 aliphatic rings. The summed E-state index contributed by atoms with van der Waals surface area (Å²) in [6, 6.07) is -0.681. The molecule has 28 heavy (non-hydrogen) atoms. The van der Waals surface area contributed by atoms with Gasteiger partial charge in [0.05, 0.1) is 18.3 Å². The number of rotatable bonds is 5. The van der Waals surface area contributed by atoms with Crippen LogP contribution in [0.25, 0.3) is 11.0 Å². The molecular formula is C18H26N8O2. The van der Waals surface area contributed by atoms with E-state index in [1.54, 1.807) is 17.2 Å². The van der Waals surface area contributed by atoms with Crippen LogP contribution in [-0.2, 0) is 11.8 Å². The number of amides is 3. The number of aryl methyl sites for hydroxylation is 1. The molecular weight excluding hydrogens is 360 g/mol. The van der Waals surface area contributed by atoms with Gasteiger partial charge in [0, 0.05) is 33.2 Å². The van der Waals surface area contributed by atoms with Crippen molar-refractivity contribution in [3.05, 3.63) is 12.5 Å². The third-order valence-corrected chi connectivity index (χ3v) is 5.34. The van der Waals surface area contributed by atoms with Crippen LogP contribution in [0.1, 0.15) is 20.3 Å². The molecule has 3 amide bonds. The Morgan fingerprint density at radius 1 is 1.18 bits per heavy atom. The van der Waals surface area contributed by atoms with Gasteiger partial charge in [-0.15, -0.1) is 0 Å². The first-order chi connectivity index (χ1) is 13.4. The molecule has 10 nitrogen and oxygen atoms in total. The molecule has 0 aromatic carbocycles. The van der Waals surface area contributed by atoms with Crippen molar-refractivity contribution in [1.82, 2.24) is 34.9 Å². The van der Waals surface area contributed by atoms with Gasteiger partial charge in [-0.3, -0.25) is 14.4 Å². The van der Waals surface area contributed by atoms with Gasteiger partial charge in [0.2, 0.25) is 0 Å². The van der Waals surface area contributed by atoms with Gasteiger partial charge in [0.1, 0.15) is 18.2 Å². The number of anilines is 1. The zero-order valence-corrected chi connectivity index (χ0v) is 16.5. The van der Waals surface area contributed by atoms with Crippen molar-refractivity contribution in [3.63, 3.8) is 0 Å². The Morgan fingerprint density at radius 2 is 1.93 bits per heavy atom. The van der Waals surface area contributed by atoms with Crippen LogP contribution in [0.4, 0.5) is 10.6 Å². The minimum absolute atomic E-state index is 0.117. The lowest BCUT2D eigenvalue weighted by atomic mass is 10.0. The highest BCUT2D eigenvalue weighted by Gasteiger charge is 2.39. The second-order valence-electron chi connectivity index (χ2n) is 7.85. The molecule has 0 saturated carbocycles. The monoisotopic (exact) mass is 386 g/mol. The number of nitrogens with one attached hydrogen (secondary N) is 1. The summed E-state index contributed by atoms with van der Waals surface area (Å²) in [4.78, 5) is 39.2. The molecule has 10 heteroatoms. The smallest absolute Gasteiger partial charge is 0.325 e. The Labute approximate surface area is 163 Å². The predicted octanol–water partition coefficient (Wildman–Crippen LogP) is 0.409. The number of carbonyl (C=O) groups excluding carboxylic acids is 2. The Morgan fingerprint density at radius 3 is 2.64 bits per heavy atom. The number of piperazine rings is 1. The number of imide groups is 1. The van der Waals surface area contributed by atoms with Crippen LogP contribution >= 0.6 is 0 Å². The molecule has 2 aromatic heterocycles. The van der Waals surface area contributed by atoms with Crippen molar-refractivity contribution < 1.29 is 9.59 Å². The van der Waals surface area contributed by atoms with Crippen LogP contribution < -0.4 is 10.2 Å². The molecule has 2 saturated heterocycles. The number of fused-ring (bicyclic) bond motifs is 1. The van der Waals surface area contributed by atoms with Crippen LogP contribution in [0, 0.1) is 5.92 Å². The highest BCUT2D eigenvalue weighted by Crippen LogP contribution is 2.23. The Balaban J connectivity index is 1.38. The number of nitrogens with zero attached hydrogens (tertiary/aromatic N) is 7. The summed E-state index contributed by atoms with van der Waals surface area (Å²) in [6.07, 6.45) is 4.02. The molecule has 4 rings (SSSR count). The summed E-state index contributed by atoms with van der Waals surface area (Å²) in [5, 5.41) is 8.01. The Bertz CT molecular complexity index is 887. The van der Waals surface area contributed by atoms with E-state index in [-0.39, 0.29) is 11.9 Å². The van der Waals surface area contributed by atoms with Gasteiger partial charge in [0.15, 0.2) is 5.65 Å². The molecule has 1 atom stereocenters. The van der Waals surface area contributed by atoms with E-state index >= 15 is 0 Å². The fraction of sp³-hybridized carbons (Fsp3) is 0.611. The number of hydrogen-bond donors (Lipinski definition) is 1. The first kappa shape index (κ1) is 18.6. The maximum atomic E-state index is 12.5. The van der Waals surface area contributed by atoms with Gasteiger partial charge in [-0.1, -0.05) is 13.8 Å². The van der Waals surface area contributed by atoms with E-state index < -0.39 is 6.04 Å². The number of hydrogen-bond acceptors (Lipinski definition) is 7. The van der Waals surface area contributed by atoms with E-state index in [2.05, 4.69) is 30.2 Å². The van der Waals surface area contributed by atoms with E-state index in [9.17, 15) is 9.59 Å². The Kier molecular flexibility index (Phi) is 4.88. The molecule has 2 fully saturated rings. The van der Waals surface area contributed by atoms with E-state index in [4.69, 9.17) is 0 Å². The quantitative estimate of drug-likeness (QED) is 0.743. The molecule has 1 N–H and O–H groups in total. The van der Waals surface area contributed by atoms with Gasteiger partial charge >= 0.3 is 6.03 Å². The van der Waals surface area contributed by atoms with E-state index in [0.29, 0.717) is 19.0 Å². The second-order valence-corrected chi connectivity index (χ2v) is 7.85. The summed E-state index contributed by atoms with van der Waals surface area (Å²) in [5.41, 5.74) is 0.808. The summed E-state index contributed by atoms with van der Waals surface area (Å²) >= 11 is 0. The number of carbonyl (C=O) groups is 2. The van der Waals surface area contributed by atoms with Crippen LogP contribution in [0.5, 0.6) is 0 Å². The average Bonchev–Trinajstić information content (AvgIpc) is 3.17. The van der Waals surface area contributed by atoms with Crippen molar-refractivity contribution in [2.24, 2.45) is 13.0 Å². The number of aromatic nitrogens is 4. The lowest BCUT2D eigenvalue weighted by Crippen LogP contribution is -2.51. The van der Waals surface area contributed by atoms with Crippen LogP contribution in [0.3, 0.4) is 0 Å². The predicted molar refractivity (Wildman–Crippen MR) is 104 cm³/mol.